The molecular formula is C40H22N2OS. The second-order valence-electron chi connectivity index (χ2n) is 11.3. The van der Waals surface area contributed by atoms with Crippen LogP contribution >= 0.6 is 11.3 Å². The van der Waals surface area contributed by atoms with Crippen LogP contribution in [-0.2, 0) is 0 Å². The van der Waals surface area contributed by atoms with Crippen molar-refractivity contribution < 1.29 is 4.42 Å². The van der Waals surface area contributed by atoms with Crippen LogP contribution in [0.4, 0.5) is 0 Å². The number of thiophene rings is 1. The molecule has 0 radical (unpaired) electrons. The molecule has 0 fully saturated rings. The van der Waals surface area contributed by atoms with Crippen LogP contribution in [0.15, 0.2) is 138 Å². The highest BCUT2D eigenvalue weighted by Gasteiger charge is 2.24. The Labute approximate surface area is 256 Å². The standard InChI is InChI=1S/C40H22N2OS/c1-3-11-23(12-4-1)25-19-20-28-26-15-7-8-16-27(26)29-21-22-31(38-34(29)33(28)37(25)43-38)40-41-35(24-13-5-2-6-14-24)39-36(42-40)30-17-9-10-18-32(30)44-39/h1-22H. The first-order chi connectivity index (χ1) is 21.8. The molecule has 0 aliphatic heterocycles. The van der Waals surface area contributed by atoms with Crippen molar-refractivity contribution in [3.63, 3.8) is 0 Å². The van der Waals surface area contributed by atoms with E-state index in [-0.39, 0.29) is 0 Å². The molecule has 3 heterocycles. The molecule has 3 nitrogen and oxygen atoms in total. The van der Waals surface area contributed by atoms with E-state index >= 15 is 0 Å². The number of furan rings is 1. The zero-order valence-corrected chi connectivity index (χ0v) is 24.2. The first-order valence-corrected chi connectivity index (χ1v) is 15.6. The van der Waals surface area contributed by atoms with Crippen molar-refractivity contribution in [2.24, 2.45) is 0 Å². The van der Waals surface area contributed by atoms with Crippen LogP contribution in [0.5, 0.6) is 0 Å². The number of rotatable bonds is 3. The molecule has 0 N–H and O–H groups in total. The maximum absolute atomic E-state index is 7.01. The van der Waals surface area contributed by atoms with Crippen molar-refractivity contribution in [2.75, 3.05) is 0 Å². The van der Waals surface area contributed by atoms with E-state index in [1.165, 1.54) is 26.2 Å². The lowest BCUT2D eigenvalue weighted by atomic mass is 9.91. The van der Waals surface area contributed by atoms with E-state index in [9.17, 15) is 0 Å². The number of aromatic nitrogens is 2. The zero-order chi connectivity index (χ0) is 28.8. The van der Waals surface area contributed by atoms with E-state index in [1.807, 2.05) is 6.07 Å². The summed E-state index contributed by atoms with van der Waals surface area (Å²) in [7, 11) is 0. The molecule has 0 saturated carbocycles. The molecule has 3 aromatic heterocycles. The van der Waals surface area contributed by atoms with Gasteiger partial charge in [-0.3, -0.25) is 0 Å². The van der Waals surface area contributed by atoms with Crippen molar-refractivity contribution in [3.8, 4) is 33.8 Å². The van der Waals surface area contributed by atoms with Gasteiger partial charge in [-0.25, -0.2) is 9.97 Å². The summed E-state index contributed by atoms with van der Waals surface area (Å²) < 4.78 is 9.31. The normalized spacial score (nSPS) is 12.1. The molecule has 4 heteroatoms. The summed E-state index contributed by atoms with van der Waals surface area (Å²) in [4.78, 5) is 10.6. The van der Waals surface area contributed by atoms with Gasteiger partial charge in [0.05, 0.1) is 21.5 Å². The minimum atomic E-state index is 0.673. The zero-order valence-electron chi connectivity index (χ0n) is 23.4. The highest BCUT2D eigenvalue weighted by molar-refractivity contribution is 7.26. The van der Waals surface area contributed by atoms with Gasteiger partial charge < -0.3 is 4.42 Å². The molecule has 0 unspecified atom stereocenters. The minimum absolute atomic E-state index is 0.673. The number of hydrogen-bond donors (Lipinski definition) is 0. The average Bonchev–Trinajstić information content (AvgIpc) is 3.68. The summed E-state index contributed by atoms with van der Waals surface area (Å²) in [6.45, 7) is 0. The summed E-state index contributed by atoms with van der Waals surface area (Å²) in [5.74, 6) is 0.673. The quantitative estimate of drug-likeness (QED) is 0.196. The molecule has 204 valence electrons. The molecule has 10 rings (SSSR count). The van der Waals surface area contributed by atoms with E-state index in [2.05, 4.69) is 127 Å². The number of hydrogen-bond acceptors (Lipinski definition) is 4. The van der Waals surface area contributed by atoms with Gasteiger partial charge in [-0.2, -0.15) is 0 Å². The highest BCUT2D eigenvalue weighted by atomic mass is 32.1. The molecular weight excluding hydrogens is 557 g/mol. The van der Waals surface area contributed by atoms with E-state index in [0.29, 0.717) is 5.82 Å². The predicted octanol–water partition coefficient (Wildman–Crippen LogP) is 11.5. The predicted molar refractivity (Wildman–Crippen MR) is 185 cm³/mol. The fourth-order valence-corrected chi connectivity index (χ4v) is 8.06. The molecule has 0 amide bonds. The van der Waals surface area contributed by atoms with Crippen molar-refractivity contribution in [1.29, 1.82) is 0 Å². The Bertz CT molecular complexity index is 2710. The largest absolute Gasteiger partial charge is 0.455 e. The summed E-state index contributed by atoms with van der Waals surface area (Å²) in [6, 6.07) is 46.9. The number of nitrogens with zero attached hydrogens (tertiary/aromatic N) is 2. The van der Waals surface area contributed by atoms with Crippen molar-refractivity contribution in [1.82, 2.24) is 9.97 Å². The first kappa shape index (κ1) is 23.9. The molecule has 0 atom stereocenters. The molecule has 10 aromatic rings. The number of fused-ring (bicyclic) bond motifs is 6. The van der Waals surface area contributed by atoms with Crippen LogP contribution in [0.25, 0.3) is 97.6 Å². The lowest BCUT2D eigenvalue weighted by Gasteiger charge is -2.11. The average molecular weight is 579 g/mol. The molecule has 7 aromatic carbocycles. The summed E-state index contributed by atoms with van der Waals surface area (Å²) in [5.41, 5.74) is 7.85. The van der Waals surface area contributed by atoms with Gasteiger partial charge in [0, 0.05) is 32.0 Å². The summed E-state index contributed by atoms with van der Waals surface area (Å²) in [5, 5.41) is 8.26. The third-order valence-corrected chi connectivity index (χ3v) is 10.0. The Kier molecular flexibility index (Phi) is 4.87. The van der Waals surface area contributed by atoms with E-state index in [0.717, 1.165) is 65.5 Å². The molecule has 0 saturated heterocycles. The van der Waals surface area contributed by atoms with E-state index < -0.39 is 0 Å². The third-order valence-electron chi connectivity index (χ3n) is 8.87. The lowest BCUT2D eigenvalue weighted by Crippen LogP contribution is -1.94. The molecule has 0 bridgehead atoms. The molecule has 0 aliphatic rings. The van der Waals surface area contributed by atoms with Gasteiger partial charge in [0.25, 0.3) is 0 Å². The van der Waals surface area contributed by atoms with Gasteiger partial charge in [-0.05, 0) is 45.3 Å². The summed E-state index contributed by atoms with van der Waals surface area (Å²) >= 11 is 1.75. The Morgan fingerprint density at radius 2 is 1.02 bits per heavy atom. The Balaban J connectivity index is 1.36. The van der Waals surface area contributed by atoms with Crippen molar-refractivity contribution in [3.05, 3.63) is 133 Å². The van der Waals surface area contributed by atoms with Crippen LogP contribution in [0, 0.1) is 0 Å². The van der Waals surface area contributed by atoms with Gasteiger partial charge >= 0.3 is 0 Å². The maximum Gasteiger partial charge on any atom is 0.164 e. The Hall–Kier alpha value is -5.58. The van der Waals surface area contributed by atoms with Crippen LogP contribution < -0.4 is 0 Å². The topological polar surface area (TPSA) is 38.9 Å². The van der Waals surface area contributed by atoms with Crippen LogP contribution in [0.3, 0.4) is 0 Å². The monoisotopic (exact) mass is 578 g/mol. The van der Waals surface area contributed by atoms with E-state index in [1.54, 1.807) is 11.3 Å². The third kappa shape index (κ3) is 3.26. The fourth-order valence-electron chi connectivity index (χ4n) is 6.90. The van der Waals surface area contributed by atoms with Gasteiger partial charge in [-0.15, -0.1) is 11.3 Å². The molecule has 0 aliphatic carbocycles. The SMILES string of the molecule is c1ccc(-c2ccc3c4ccccc4c4ccc(-c5nc(-c6ccccc6)c6sc7ccccc7c6n5)c5oc2c3c54)cc1. The van der Waals surface area contributed by atoms with Crippen molar-refractivity contribution >= 4 is 75.1 Å². The highest BCUT2D eigenvalue weighted by Crippen LogP contribution is 2.48. The van der Waals surface area contributed by atoms with Gasteiger partial charge in [-0.1, -0.05) is 115 Å². The van der Waals surface area contributed by atoms with Crippen molar-refractivity contribution in [2.45, 2.75) is 0 Å². The fraction of sp³-hybridized carbons (Fsp3) is 0. The molecule has 44 heavy (non-hydrogen) atoms. The van der Waals surface area contributed by atoms with Gasteiger partial charge in [0.15, 0.2) is 5.82 Å². The maximum atomic E-state index is 7.01. The second-order valence-corrected chi connectivity index (χ2v) is 12.3. The smallest absolute Gasteiger partial charge is 0.164 e. The van der Waals surface area contributed by atoms with E-state index in [4.69, 9.17) is 14.4 Å². The summed E-state index contributed by atoms with van der Waals surface area (Å²) in [6.07, 6.45) is 0. The minimum Gasteiger partial charge on any atom is -0.455 e. The van der Waals surface area contributed by atoms with Crippen LogP contribution in [0.2, 0.25) is 0 Å². The Morgan fingerprint density at radius 3 is 1.73 bits per heavy atom. The number of benzene rings is 7. The second kappa shape index (κ2) is 8.96. The Morgan fingerprint density at radius 1 is 0.455 bits per heavy atom. The van der Waals surface area contributed by atoms with Crippen LogP contribution in [0.1, 0.15) is 0 Å². The van der Waals surface area contributed by atoms with Gasteiger partial charge in [0.1, 0.15) is 11.2 Å². The lowest BCUT2D eigenvalue weighted by molar-refractivity contribution is 0.671. The van der Waals surface area contributed by atoms with Crippen LogP contribution in [-0.4, -0.2) is 9.97 Å². The molecule has 0 spiro atoms. The first-order valence-electron chi connectivity index (χ1n) is 14.8. The van der Waals surface area contributed by atoms with Gasteiger partial charge in [0.2, 0.25) is 0 Å².